The smallest absolute Gasteiger partial charge is 0.188 e. The van der Waals surface area contributed by atoms with Crippen molar-refractivity contribution >= 4 is 38.1 Å². The zero-order valence-corrected chi connectivity index (χ0v) is 12.1. The third-order valence-electron chi connectivity index (χ3n) is 2.50. The Balaban J connectivity index is 1.98. The van der Waals surface area contributed by atoms with Crippen molar-refractivity contribution in [3.63, 3.8) is 0 Å². The summed E-state index contributed by atoms with van der Waals surface area (Å²) < 4.78 is 0.879. The minimum atomic E-state index is 0.879. The fourth-order valence-corrected chi connectivity index (χ4v) is 2.74. The molecule has 4 heteroatoms. The summed E-state index contributed by atoms with van der Waals surface area (Å²) >= 11 is 4.94. The summed E-state index contributed by atoms with van der Waals surface area (Å²) in [5.41, 5.74) is 2.49. The molecule has 2 aromatic rings. The highest BCUT2D eigenvalue weighted by atomic mass is 79.9. The number of halogens is 1. The predicted molar refractivity (Wildman–Crippen MR) is 78.2 cm³/mol. The van der Waals surface area contributed by atoms with E-state index in [2.05, 4.69) is 57.4 Å². The van der Waals surface area contributed by atoms with E-state index in [0.717, 1.165) is 15.4 Å². The first-order valence-electron chi connectivity index (χ1n) is 5.75. The second kappa shape index (κ2) is 6.17. The van der Waals surface area contributed by atoms with Gasteiger partial charge in [-0.15, -0.1) is 11.3 Å². The van der Waals surface area contributed by atoms with E-state index in [0.29, 0.717) is 0 Å². The minimum Gasteiger partial charge on any atom is -0.332 e. The van der Waals surface area contributed by atoms with Gasteiger partial charge in [0.05, 0.1) is 0 Å². The van der Waals surface area contributed by atoms with E-state index in [9.17, 15) is 0 Å². The lowest BCUT2D eigenvalue weighted by molar-refractivity contribution is 0.795. The SMILES string of the molecule is CCCCc1ccc(Nc2nc(Br)cs2)cc1. The van der Waals surface area contributed by atoms with Crippen molar-refractivity contribution in [2.45, 2.75) is 26.2 Å². The molecule has 17 heavy (non-hydrogen) atoms. The molecule has 90 valence electrons. The molecule has 0 saturated carbocycles. The zero-order valence-electron chi connectivity index (χ0n) is 9.74. The van der Waals surface area contributed by atoms with Crippen molar-refractivity contribution in [2.24, 2.45) is 0 Å². The first kappa shape index (κ1) is 12.6. The summed E-state index contributed by atoms with van der Waals surface area (Å²) in [6.07, 6.45) is 3.67. The fourth-order valence-electron chi connectivity index (χ4n) is 1.57. The minimum absolute atomic E-state index is 0.879. The summed E-state index contributed by atoms with van der Waals surface area (Å²) in [6.45, 7) is 2.22. The predicted octanol–water partition coefficient (Wildman–Crippen LogP) is 4.99. The summed E-state index contributed by atoms with van der Waals surface area (Å²) in [5.74, 6) is 0. The molecule has 1 heterocycles. The molecule has 1 aromatic carbocycles. The number of hydrogen-bond donors (Lipinski definition) is 1. The quantitative estimate of drug-likeness (QED) is 0.841. The topological polar surface area (TPSA) is 24.9 Å². The van der Waals surface area contributed by atoms with Gasteiger partial charge in [-0.3, -0.25) is 0 Å². The maximum absolute atomic E-state index is 4.30. The van der Waals surface area contributed by atoms with Gasteiger partial charge in [-0.1, -0.05) is 25.5 Å². The fraction of sp³-hybridized carbons (Fsp3) is 0.308. The standard InChI is InChI=1S/C13H15BrN2S/c1-2-3-4-10-5-7-11(8-6-10)15-13-16-12(14)9-17-13/h5-9H,2-4H2,1H3,(H,15,16). The normalized spacial score (nSPS) is 10.5. The van der Waals surface area contributed by atoms with E-state index in [1.54, 1.807) is 11.3 Å². The zero-order chi connectivity index (χ0) is 12.1. The van der Waals surface area contributed by atoms with Gasteiger partial charge in [0.25, 0.3) is 0 Å². The number of unbranched alkanes of at least 4 members (excludes halogenated alkanes) is 1. The Bertz CT molecular complexity index is 465. The molecule has 0 aliphatic heterocycles. The third kappa shape index (κ3) is 3.82. The molecular formula is C13H15BrN2S. The van der Waals surface area contributed by atoms with Gasteiger partial charge in [0, 0.05) is 11.1 Å². The largest absolute Gasteiger partial charge is 0.332 e. The highest BCUT2D eigenvalue weighted by Gasteiger charge is 2.00. The number of thiazole rings is 1. The molecule has 0 amide bonds. The van der Waals surface area contributed by atoms with Gasteiger partial charge < -0.3 is 5.32 Å². The van der Waals surface area contributed by atoms with Crippen molar-refractivity contribution in [3.05, 3.63) is 39.8 Å². The number of aryl methyl sites for hydroxylation is 1. The van der Waals surface area contributed by atoms with Gasteiger partial charge in [-0.25, -0.2) is 4.98 Å². The molecule has 1 N–H and O–H groups in total. The Kier molecular flexibility index (Phi) is 4.57. The van der Waals surface area contributed by atoms with E-state index in [-0.39, 0.29) is 0 Å². The monoisotopic (exact) mass is 310 g/mol. The summed E-state index contributed by atoms with van der Waals surface area (Å²) in [5, 5.41) is 6.17. The summed E-state index contributed by atoms with van der Waals surface area (Å²) in [4.78, 5) is 4.30. The molecule has 2 nitrogen and oxygen atoms in total. The van der Waals surface area contributed by atoms with Crippen LogP contribution >= 0.6 is 27.3 Å². The van der Waals surface area contributed by atoms with Gasteiger partial charge in [0.1, 0.15) is 4.60 Å². The van der Waals surface area contributed by atoms with Crippen LogP contribution in [-0.2, 0) is 6.42 Å². The van der Waals surface area contributed by atoms with Crippen LogP contribution in [0.3, 0.4) is 0 Å². The Morgan fingerprint density at radius 3 is 2.65 bits per heavy atom. The van der Waals surface area contributed by atoms with E-state index in [1.807, 2.05) is 5.38 Å². The number of hydrogen-bond acceptors (Lipinski definition) is 3. The lowest BCUT2D eigenvalue weighted by Gasteiger charge is -2.04. The third-order valence-corrected chi connectivity index (χ3v) is 3.97. The maximum atomic E-state index is 4.30. The number of nitrogens with zero attached hydrogens (tertiary/aromatic N) is 1. The van der Waals surface area contributed by atoms with E-state index in [4.69, 9.17) is 0 Å². The first-order valence-corrected chi connectivity index (χ1v) is 7.42. The Labute approximate surface area is 114 Å². The molecule has 0 atom stereocenters. The molecule has 2 rings (SSSR count). The molecule has 0 spiro atoms. The van der Waals surface area contributed by atoms with Crippen molar-refractivity contribution in [1.29, 1.82) is 0 Å². The van der Waals surface area contributed by atoms with Crippen LogP contribution in [0.5, 0.6) is 0 Å². The van der Waals surface area contributed by atoms with Crippen LogP contribution in [0, 0.1) is 0 Å². The number of rotatable bonds is 5. The van der Waals surface area contributed by atoms with Crippen molar-refractivity contribution in [1.82, 2.24) is 4.98 Å². The number of nitrogens with one attached hydrogen (secondary N) is 1. The van der Waals surface area contributed by atoms with E-state index >= 15 is 0 Å². The van der Waals surface area contributed by atoms with Gasteiger partial charge in [-0.2, -0.15) is 0 Å². The Morgan fingerprint density at radius 2 is 2.06 bits per heavy atom. The second-order valence-corrected chi connectivity index (χ2v) is 5.57. The van der Waals surface area contributed by atoms with Crippen molar-refractivity contribution < 1.29 is 0 Å². The van der Waals surface area contributed by atoms with Gasteiger partial charge in [-0.05, 0) is 46.5 Å². The van der Waals surface area contributed by atoms with Gasteiger partial charge >= 0.3 is 0 Å². The Morgan fingerprint density at radius 1 is 1.29 bits per heavy atom. The number of benzene rings is 1. The molecule has 0 saturated heterocycles. The van der Waals surface area contributed by atoms with Crippen LogP contribution in [0.25, 0.3) is 0 Å². The number of aromatic nitrogens is 1. The molecule has 0 radical (unpaired) electrons. The molecule has 0 aliphatic rings. The summed E-state index contributed by atoms with van der Waals surface area (Å²) in [6, 6.07) is 8.59. The molecule has 0 aliphatic carbocycles. The average molecular weight is 311 g/mol. The lowest BCUT2D eigenvalue weighted by Crippen LogP contribution is -1.90. The average Bonchev–Trinajstić information content (AvgIpc) is 2.74. The Hall–Kier alpha value is -0.870. The van der Waals surface area contributed by atoms with Crippen LogP contribution < -0.4 is 5.32 Å². The highest BCUT2D eigenvalue weighted by Crippen LogP contribution is 2.23. The van der Waals surface area contributed by atoms with Gasteiger partial charge in [0.15, 0.2) is 5.13 Å². The van der Waals surface area contributed by atoms with E-state index in [1.165, 1.54) is 24.8 Å². The lowest BCUT2D eigenvalue weighted by atomic mass is 10.1. The maximum Gasteiger partial charge on any atom is 0.188 e. The molecule has 0 bridgehead atoms. The van der Waals surface area contributed by atoms with Gasteiger partial charge in [0.2, 0.25) is 0 Å². The molecule has 0 fully saturated rings. The van der Waals surface area contributed by atoms with Crippen LogP contribution in [0.15, 0.2) is 34.2 Å². The first-order chi connectivity index (χ1) is 8.28. The molecule has 1 aromatic heterocycles. The highest BCUT2D eigenvalue weighted by molar-refractivity contribution is 9.10. The van der Waals surface area contributed by atoms with Crippen molar-refractivity contribution in [2.75, 3.05) is 5.32 Å². The van der Waals surface area contributed by atoms with Crippen LogP contribution in [0.1, 0.15) is 25.3 Å². The van der Waals surface area contributed by atoms with Crippen molar-refractivity contribution in [3.8, 4) is 0 Å². The summed E-state index contributed by atoms with van der Waals surface area (Å²) in [7, 11) is 0. The van der Waals surface area contributed by atoms with Crippen LogP contribution in [-0.4, -0.2) is 4.98 Å². The van der Waals surface area contributed by atoms with Crippen LogP contribution in [0.2, 0.25) is 0 Å². The molecule has 0 unspecified atom stereocenters. The molecular weight excluding hydrogens is 296 g/mol. The van der Waals surface area contributed by atoms with Crippen LogP contribution in [0.4, 0.5) is 10.8 Å². The van der Waals surface area contributed by atoms with E-state index < -0.39 is 0 Å². The second-order valence-electron chi connectivity index (χ2n) is 3.90. The number of anilines is 2.